The van der Waals surface area contributed by atoms with Crippen LogP contribution in [0, 0.1) is 11.8 Å². The number of nitrogens with zero attached hydrogens (tertiary/aromatic N) is 1. The van der Waals surface area contributed by atoms with Gasteiger partial charge in [0.05, 0.1) is 24.6 Å². The van der Waals surface area contributed by atoms with Crippen LogP contribution in [0.4, 0.5) is 11.4 Å². The van der Waals surface area contributed by atoms with Crippen molar-refractivity contribution in [3.8, 4) is 5.75 Å². The van der Waals surface area contributed by atoms with E-state index in [0.29, 0.717) is 17.1 Å². The van der Waals surface area contributed by atoms with E-state index in [0.717, 1.165) is 25.7 Å². The van der Waals surface area contributed by atoms with E-state index in [1.165, 1.54) is 18.9 Å². The van der Waals surface area contributed by atoms with E-state index >= 15 is 0 Å². The third kappa shape index (κ3) is 4.16. The molecule has 150 valence electrons. The molecule has 4 amide bonds. The molecule has 1 heterocycles. The van der Waals surface area contributed by atoms with Gasteiger partial charge in [0.15, 0.2) is 0 Å². The lowest BCUT2D eigenvalue weighted by Crippen LogP contribution is -2.34. The molecule has 2 aliphatic rings. The predicted octanol–water partition coefficient (Wildman–Crippen LogP) is 2.16. The van der Waals surface area contributed by atoms with E-state index in [-0.39, 0.29) is 48.4 Å². The molecule has 0 radical (unpaired) electrons. The molecule has 1 aromatic carbocycles. The number of methoxy groups -OCH3 is 1. The van der Waals surface area contributed by atoms with Crippen LogP contribution in [0.3, 0.4) is 0 Å². The van der Waals surface area contributed by atoms with Gasteiger partial charge in [-0.2, -0.15) is 0 Å². The van der Waals surface area contributed by atoms with Gasteiger partial charge in [0.1, 0.15) is 5.75 Å². The van der Waals surface area contributed by atoms with Gasteiger partial charge in [0.25, 0.3) is 0 Å². The number of hydrogen-bond donors (Lipinski definition) is 2. The minimum absolute atomic E-state index is 0.00440. The summed E-state index contributed by atoms with van der Waals surface area (Å²) in [6.07, 6.45) is 3.46. The molecule has 1 aromatic rings. The van der Waals surface area contributed by atoms with Gasteiger partial charge >= 0.3 is 0 Å². The number of fused-ring (bicyclic) bond motifs is 1. The highest BCUT2D eigenvalue weighted by atomic mass is 16.5. The number of imide groups is 1. The van der Waals surface area contributed by atoms with Crippen molar-refractivity contribution in [2.24, 2.45) is 11.8 Å². The Morgan fingerprint density at radius 1 is 1.11 bits per heavy atom. The lowest BCUT2D eigenvalue weighted by Gasteiger charge is -2.19. The van der Waals surface area contributed by atoms with E-state index in [9.17, 15) is 19.2 Å². The van der Waals surface area contributed by atoms with Crippen LogP contribution in [0.1, 0.15) is 39.0 Å². The van der Waals surface area contributed by atoms with Crippen LogP contribution in [0.25, 0.3) is 0 Å². The Bertz CT molecular complexity index is 783. The molecule has 28 heavy (non-hydrogen) atoms. The Hall–Kier alpha value is -2.90. The standard InChI is InChI=1S/C20H25N3O5/c1-12(24)21-13-7-8-17(28-2)16(11-13)22-18(25)9-10-23-19(26)14-5-3-4-6-15(14)20(23)27/h7-8,11,14-15H,3-6,9-10H2,1-2H3,(H,21,24)(H,22,25)/t14-,15-/m0/s1. The van der Waals surface area contributed by atoms with Gasteiger partial charge in [-0.3, -0.25) is 24.1 Å². The van der Waals surface area contributed by atoms with Crippen LogP contribution in [-0.2, 0) is 19.2 Å². The minimum atomic E-state index is -0.339. The number of nitrogens with one attached hydrogen (secondary N) is 2. The van der Waals surface area contributed by atoms with Crippen molar-refractivity contribution in [1.29, 1.82) is 0 Å². The molecule has 3 rings (SSSR count). The fraction of sp³-hybridized carbons (Fsp3) is 0.500. The Morgan fingerprint density at radius 3 is 2.32 bits per heavy atom. The molecule has 0 aromatic heterocycles. The highest BCUT2D eigenvalue weighted by Gasteiger charge is 2.47. The molecular weight excluding hydrogens is 362 g/mol. The van der Waals surface area contributed by atoms with E-state index in [1.54, 1.807) is 18.2 Å². The number of rotatable bonds is 6. The molecule has 8 heteroatoms. The lowest BCUT2D eigenvalue weighted by atomic mass is 9.81. The minimum Gasteiger partial charge on any atom is -0.495 e. The molecule has 0 unspecified atom stereocenters. The van der Waals surface area contributed by atoms with Gasteiger partial charge in [-0.1, -0.05) is 12.8 Å². The van der Waals surface area contributed by atoms with E-state index in [4.69, 9.17) is 4.74 Å². The van der Waals surface area contributed by atoms with Crippen molar-refractivity contribution in [2.75, 3.05) is 24.3 Å². The summed E-state index contributed by atoms with van der Waals surface area (Å²) < 4.78 is 5.24. The smallest absolute Gasteiger partial charge is 0.233 e. The van der Waals surface area contributed by atoms with E-state index < -0.39 is 0 Å². The monoisotopic (exact) mass is 387 g/mol. The van der Waals surface area contributed by atoms with Crippen LogP contribution < -0.4 is 15.4 Å². The average Bonchev–Trinajstić information content (AvgIpc) is 2.91. The Kier molecular flexibility index (Phi) is 5.96. The number of ether oxygens (including phenoxy) is 1. The zero-order chi connectivity index (χ0) is 20.3. The topological polar surface area (TPSA) is 105 Å². The van der Waals surface area contributed by atoms with E-state index in [1.807, 2.05) is 0 Å². The molecule has 0 bridgehead atoms. The van der Waals surface area contributed by atoms with Crippen LogP contribution in [0.5, 0.6) is 5.75 Å². The second-order valence-corrected chi connectivity index (χ2v) is 7.22. The maximum absolute atomic E-state index is 12.5. The predicted molar refractivity (Wildman–Crippen MR) is 103 cm³/mol. The summed E-state index contributed by atoms with van der Waals surface area (Å²) >= 11 is 0. The number of anilines is 2. The van der Waals surface area contributed by atoms with Crippen LogP contribution >= 0.6 is 0 Å². The van der Waals surface area contributed by atoms with Crippen molar-refractivity contribution >= 4 is 35.0 Å². The second kappa shape index (κ2) is 8.41. The molecule has 1 aliphatic carbocycles. The molecule has 1 aliphatic heterocycles. The molecule has 2 N–H and O–H groups in total. The lowest BCUT2D eigenvalue weighted by molar-refractivity contribution is -0.140. The van der Waals surface area contributed by atoms with Gasteiger partial charge in [-0.15, -0.1) is 0 Å². The largest absolute Gasteiger partial charge is 0.495 e. The number of carbonyl (C=O) groups is 4. The zero-order valence-electron chi connectivity index (χ0n) is 16.1. The summed E-state index contributed by atoms with van der Waals surface area (Å²) in [4.78, 5) is 49.8. The molecule has 1 saturated heterocycles. The van der Waals surface area contributed by atoms with Crippen molar-refractivity contribution in [2.45, 2.75) is 39.0 Å². The maximum atomic E-state index is 12.5. The summed E-state index contributed by atoms with van der Waals surface area (Å²) in [6, 6.07) is 4.90. The third-order valence-electron chi connectivity index (χ3n) is 5.29. The SMILES string of the molecule is COc1ccc(NC(C)=O)cc1NC(=O)CCN1C(=O)[C@H]2CCCC[C@@H]2C1=O. The van der Waals surface area contributed by atoms with Crippen LogP contribution in [0.2, 0.25) is 0 Å². The van der Waals surface area contributed by atoms with Crippen molar-refractivity contribution in [3.63, 3.8) is 0 Å². The molecular formula is C20H25N3O5. The Balaban J connectivity index is 1.62. The Morgan fingerprint density at radius 2 is 1.75 bits per heavy atom. The first kappa shape index (κ1) is 19.9. The first-order chi connectivity index (χ1) is 13.4. The van der Waals surface area contributed by atoms with Gasteiger partial charge in [0.2, 0.25) is 23.6 Å². The molecule has 2 fully saturated rings. The molecule has 1 saturated carbocycles. The molecule has 8 nitrogen and oxygen atoms in total. The first-order valence-corrected chi connectivity index (χ1v) is 9.51. The number of hydrogen-bond acceptors (Lipinski definition) is 5. The summed E-state index contributed by atoms with van der Waals surface area (Å²) in [5.74, 6) is -0.830. The third-order valence-corrected chi connectivity index (χ3v) is 5.29. The van der Waals surface area contributed by atoms with Crippen LogP contribution in [0.15, 0.2) is 18.2 Å². The summed E-state index contributed by atoms with van der Waals surface area (Å²) in [5, 5.41) is 5.37. The van der Waals surface area contributed by atoms with Gasteiger partial charge < -0.3 is 15.4 Å². The highest BCUT2D eigenvalue weighted by molar-refractivity contribution is 6.05. The highest BCUT2D eigenvalue weighted by Crippen LogP contribution is 2.38. The fourth-order valence-corrected chi connectivity index (χ4v) is 3.96. The fourth-order valence-electron chi connectivity index (χ4n) is 3.96. The summed E-state index contributed by atoms with van der Waals surface area (Å²) in [7, 11) is 1.48. The number of likely N-dealkylation sites (tertiary alicyclic amines) is 1. The summed E-state index contributed by atoms with van der Waals surface area (Å²) in [5.41, 5.74) is 0.934. The van der Waals surface area contributed by atoms with Crippen molar-refractivity contribution in [1.82, 2.24) is 4.90 Å². The van der Waals surface area contributed by atoms with Gasteiger partial charge in [-0.05, 0) is 31.0 Å². The average molecular weight is 387 g/mol. The van der Waals surface area contributed by atoms with Crippen molar-refractivity contribution in [3.05, 3.63) is 18.2 Å². The maximum Gasteiger partial charge on any atom is 0.233 e. The van der Waals surface area contributed by atoms with Gasteiger partial charge in [-0.25, -0.2) is 0 Å². The first-order valence-electron chi connectivity index (χ1n) is 9.51. The number of benzene rings is 1. The van der Waals surface area contributed by atoms with Crippen LogP contribution in [-0.4, -0.2) is 42.2 Å². The Labute approximate surface area is 163 Å². The van der Waals surface area contributed by atoms with Crippen molar-refractivity contribution < 1.29 is 23.9 Å². The summed E-state index contributed by atoms with van der Waals surface area (Å²) in [6.45, 7) is 1.47. The normalized spacial score (nSPS) is 21.3. The van der Waals surface area contributed by atoms with E-state index in [2.05, 4.69) is 10.6 Å². The molecule has 0 spiro atoms. The zero-order valence-corrected chi connectivity index (χ0v) is 16.1. The second-order valence-electron chi connectivity index (χ2n) is 7.22. The molecule has 2 atom stereocenters. The number of amides is 4. The number of carbonyl (C=O) groups excluding carboxylic acids is 4. The quantitative estimate of drug-likeness (QED) is 0.728. The van der Waals surface area contributed by atoms with Gasteiger partial charge in [0, 0.05) is 25.6 Å².